The zero-order valence-electron chi connectivity index (χ0n) is 11.3. The lowest BCUT2D eigenvalue weighted by Crippen LogP contribution is -1.97. The number of aromatic hydroxyl groups is 1. The van der Waals surface area contributed by atoms with Gasteiger partial charge >= 0.3 is 5.97 Å². The average Bonchev–Trinajstić information content (AvgIpc) is 2.26. The molecule has 0 saturated heterocycles. The molecule has 98 valence electrons. The zero-order chi connectivity index (χ0) is 13.9. The molecule has 0 aliphatic rings. The molecule has 0 radical (unpaired) electrons. The topological polar surface area (TPSA) is 57.5 Å². The lowest BCUT2D eigenvalue weighted by atomic mass is 9.91. The summed E-state index contributed by atoms with van der Waals surface area (Å²) in [6.07, 6.45) is 2.67. The Morgan fingerprint density at radius 1 is 1.11 bits per heavy atom. The average molecular weight is 248 g/mol. The van der Waals surface area contributed by atoms with Crippen molar-refractivity contribution in [1.29, 1.82) is 0 Å². The maximum absolute atomic E-state index is 10.5. The highest BCUT2D eigenvalue weighted by molar-refractivity contribution is 5.85. The molecule has 0 spiro atoms. The van der Waals surface area contributed by atoms with Gasteiger partial charge in [-0.15, -0.1) is 0 Å². The van der Waals surface area contributed by atoms with Gasteiger partial charge in [0.05, 0.1) is 0 Å². The van der Waals surface area contributed by atoms with Gasteiger partial charge in [-0.3, -0.25) is 0 Å². The van der Waals surface area contributed by atoms with E-state index in [0.29, 0.717) is 5.75 Å². The van der Waals surface area contributed by atoms with Crippen LogP contribution in [0, 0.1) is 0 Å². The Balaban J connectivity index is 3.33. The zero-order valence-corrected chi connectivity index (χ0v) is 11.3. The highest BCUT2D eigenvalue weighted by atomic mass is 16.4. The van der Waals surface area contributed by atoms with Crippen molar-refractivity contribution in [3.8, 4) is 5.75 Å². The summed E-state index contributed by atoms with van der Waals surface area (Å²) in [5, 5.41) is 18.8. The first-order chi connectivity index (χ1) is 8.32. The minimum atomic E-state index is -0.972. The molecular formula is C15H20O3. The van der Waals surface area contributed by atoms with Crippen LogP contribution in [-0.4, -0.2) is 16.2 Å². The number of hydrogen-bond donors (Lipinski definition) is 2. The molecule has 0 heterocycles. The molecule has 0 fully saturated rings. The molecule has 2 N–H and O–H groups in total. The van der Waals surface area contributed by atoms with Crippen LogP contribution in [0.2, 0.25) is 0 Å². The molecule has 0 unspecified atom stereocenters. The highest BCUT2D eigenvalue weighted by Crippen LogP contribution is 2.35. The van der Waals surface area contributed by atoms with Gasteiger partial charge in [-0.1, -0.05) is 27.7 Å². The number of hydrogen-bond acceptors (Lipinski definition) is 2. The van der Waals surface area contributed by atoms with Crippen molar-refractivity contribution >= 4 is 12.0 Å². The fourth-order valence-electron chi connectivity index (χ4n) is 1.85. The Hall–Kier alpha value is -1.77. The number of carboxylic acid groups (broad SMARTS) is 1. The van der Waals surface area contributed by atoms with E-state index >= 15 is 0 Å². The number of aliphatic carboxylic acids is 1. The number of phenols is 1. The monoisotopic (exact) mass is 248 g/mol. The number of rotatable bonds is 4. The minimum absolute atomic E-state index is 0.195. The van der Waals surface area contributed by atoms with E-state index < -0.39 is 5.97 Å². The molecule has 3 nitrogen and oxygen atoms in total. The van der Waals surface area contributed by atoms with E-state index in [9.17, 15) is 9.90 Å². The third-order valence-electron chi connectivity index (χ3n) is 2.85. The molecular weight excluding hydrogens is 228 g/mol. The lowest BCUT2D eigenvalue weighted by Gasteiger charge is -2.16. The summed E-state index contributed by atoms with van der Waals surface area (Å²) < 4.78 is 0. The Morgan fingerprint density at radius 2 is 1.56 bits per heavy atom. The van der Waals surface area contributed by atoms with Crippen LogP contribution in [0.4, 0.5) is 0 Å². The number of benzene rings is 1. The van der Waals surface area contributed by atoms with Crippen LogP contribution >= 0.6 is 0 Å². The predicted molar refractivity (Wildman–Crippen MR) is 73.0 cm³/mol. The van der Waals surface area contributed by atoms with Gasteiger partial charge in [0.2, 0.25) is 0 Å². The second kappa shape index (κ2) is 5.71. The van der Waals surface area contributed by atoms with Gasteiger partial charge in [-0.05, 0) is 46.7 Å². The van der Waals surface area contributed by atoms with Gasteiger partial charge < -0.3 is 10.2 Å². The van der Waals surface area contributed by atoms with Crippen LogP contribution in [0.25, 0.3) is 6.08 Å². The third kappa shape index (κ3) is 3.36. The van der Waals surface area contributed by atoms with Gasteiger partial charge in [0.15, 0.2) is 0 Å². The van der Waals surface area contributed by atoms with Crippen LogP contribution in [0.1, 0.15) is 56.2 Å². The fourth-order valence-corrected chi connectivity index (χ4v) is 1.85. The van der Waals surface area contributed by atoms with Gasteiger partial charge in [-0.2, -0.15) is 0 Å². The molecule has 1 rings (SSSR count). The Bertz CT molecular complexity index is 442. The van der Waals surface area contributed by atoms with Gasteiger partial charge in [0.25, 0.3) is 0 Å². The Kier molecular flexibility index (Phi) is 4.54. The number of carbonyl (C=O) groups is 1. The van der Waals surface area contributed by atoms with E-state index in [0.717, 1.165) is 22.8 Å². The van der Waals surface area contributed by atoms with E-state index in [1.54, 1.807) is 6.08 Å². The second-order valence-corrected chi connectivity index (χ2v) is 5.03. The van der Waals surface area contributed by atoms with E-state index in [1.807, 2.05) is 39.8 Å². The largest absolute Gasteiger partial charge is 0.507 e. The van der Waals surface area contributed by atoms with Crippen molar-refractivity contribution in [2.75, 3.05) is 0 Å². The van der Waals surface area contributed by atoms with Crippen molar-refractivity contribution in [2.45, 2.75) is 39.5 Å². The summed E-state index contributed by atoms with van der Waals surface area (Å²) in [5.74, 6) is -0.255. The van der Waals surface area contributed by atoms with E-state index in [1.165, 1.54) is 0 Å². The van der Waals surface area contributed by atoms with Crippen LogP contribution in [0.5, 0.6) is 5.75 Å². The summed E-state index contributed by atoms with van der Waals surface area (Å²) in [4.78, 5) is 10.5. The van der Waals surface area contributed by atoms with E-state index in [-0.39, 0.29) is 11.8 Å². The summed E-state index contributed by atoms with van der Waals surface area (Å²) in [7, 11) is 0. The molecule has 1 aromatic carbocycles. The maximum Gasteiger partial charge on any atom is 0.328 e. The van der Waals surface area contributed by atoms with Gasteiger partial charge in [0, 0.05) is 6.08 Å². The molecule has 0 bridgehead atoms. The molecule has 18 heavy (non-hydrogen) atoms. The van der Waals surface area contributed by atoms with Crippen molar-refractivity contribution in [2.24, 2.45) is 0 Å². The molecule has 0 aliphatic heterocycles. The van der Waals surface area contributed by atoms with Crippen LogP contribution in [-0.2, 0) is 4.79 Å². The Morgan fingerprint density at radius 3 is 1.89 bits per heavy atom. The van der Waals surface area contributed by atoms with Gasteiger partial charge in [-0.25, -0.2) is 4.79 Å². The predicted octanol–water partition coefficient (Wildman–Crippen LogP) is 3.74. The summed E-state index contributed by atoms with van der Waals surface area (Å²) in [6, 6.07) is 3.68. The second-order valence-electron chi connectivity index (χ2n) is 5.03. The third-order valence-corrected chi connectivity index (χ3v) is 2.85. The fraction of sp³-hybridized carbons (Fsp3) is 0.400. The highest BCUT2D eigenvalue weighted by Gasteiger charge is 2.14. The first-order valence-corrected chi connectivity index (χ1v) is 6.10. The SMILES string of the molecule is CC(C)c1cc(/C=C/C(=O)O)cc(C(C)C)c1O. The lowest BCUT2D eigenvalue weighted by molar-refractivity contribution is -0.131. The maximum atomic E-state index is 10.5. The standard InChI is InChI=1S/C15H20O3/c1-9(2)12-7-11(5-6-14(16)17)8-13(10(3)4)15(12)18/h5-10,18H,1-4H3,(H,16,17)/b6-5+. The Labute approximate surface area is 108 Å². The van der Waals surface area contributed by atoms with Crippen LogP contribution < -0.4 is 0 Å². The molecule has 0 aliphatic carbocycles. The first-order valence-electron chi connectivity index (χ1n) is 6.10. The number of carboxylic acids is 1. The molecule has 0 atom stereocenters. The van der Waals surface area contributed by atoms with Crippen LogP contribution in [0.15, 0.2) is 18.2 Å². The molecule has 0 aromatic heterocycles. The summed E-state index contributed by atoms with van der Waals surface area (Å²) in [6.45, 7) is 8.02. The van der Waals surface area contributed by atoms with E-state index in [4.69, 9.17) is 5.11 Å². The first kappa shape index (κ1) is 14.3. The van der Waals surface area contributed by atoms with Crippen molar-refractivity contribution in [1.82, 2.24) is 0 Å². The number of phenolic OH excluding ortho intramolecular Hbond substituents is 1. The van der Waals surface area contributed by atoms with Crippen molar-refractivity contribution in [3.63, 3.8) is 0 Å². The quantitative estimate of drug-likeness (QED) is 0.798. The van der Waals surface area contributed by atoms with Crippen molar-refractivity contribution in [3.05, 3.63) is 34.9 Å². The van der Waals surface area contributed by atoms with E-state index in [2.05, 4.69) is 0 Å². The summed E-state index contributed by atoms with van der Waals surface area (Å²) in [5.41, 5.74) is 2.51. The molecule has 0 amide bonds. The van der Waals surface area contributed by atoms with Gasteiger partial charge in [0.1, 0.15) is 5.75 Å². The van der Waals surface area contributed by atoms with Crippen molar-refractivity contribution < 1.29 is 15.0 Å². The molecule has 3 heteroatoms. The molecule has 1 aromatic rings. The normalized spacial score (nSPS) is 11.7. The summed E-state index contributed by atoms with van der Waals surface area (Å²) >= 11 is 0. The van der Waals surface area contributed by atoms with Crippen LogP contribution in [0.3, 0.4) is 0 Å². The minimum Gasteiger partial charge on any atom is -0.507 e. The molecule has 0 saturated carbocycles. The smallest absolute Gasteiger partial charge is 0.328 e.